The number of anilines is 1. The summed E-state index contributed by atoms with van der Waals surface area (Å²) in [7, 11) is 0. The third kappa shape index (κ3) is 2.53. The van der Waals surface area contributed by atoms with Gasteiger partial charge in [0.15, 0.2) is 6.10 Å². The number of aliphatic carboxylic acids is 1. The van der Waals surface area contributed by atoms with Crippen molar-refractivity contribution in [3.8, 4) is 0 Å². The summed E-state index contributed by atoms with van der Waals surface area (Å²) in [5, 5.41) is 8.98. The minimum atomic E-state index is -0.989. The number of aryl methyl sites for hydroxylation is 1. The van der Waals surface area contributed by atoms with Crippen LogP contribution in [0, 0.1) is 0 Å². The molecule has 0 aromatic heterocycles. The van der Waals surface area contributed by atoms with Gasteiger partial charge in [0.05, 0.1) is 0 Å². The molecule has 0 bridgehead atoms. The van der Waals surface area contributed by atoms with Gasteiger partial charge in [-0.15, -0.1) is 0 Å². The van der Waals surface area contributed by atoms with Crippen molar-refractivity contribution in [2.24, 2.45) is 0 Å². The summed E-state index contributed by atoms with van der Waals surface area (Å²) in [6, 6.07) is 8.00. The molecule has 112 valence electrons. The van der Waals surface area contributed by atoms with Gasteiger partial charge in [-0.2, -0.15) is 0 Å². The van der Waals surface area contributed by atoms with Gasteiger partial charge >= 0.3 is 5.97 Å². The number of amides is 1. The van der Waals surface area contributed by atoms with E-state index in [4.69, 9.17) is 9.84 Å². The summed E-state index contributed by atoms with van der Waals surface area (Å²) < 4.78 is 5.41. The lowest BCUT2D eigenvalue weighted by atomic mass is 9.96. The van der Waals surface area contributed by atoms with Crippen LogP contribution in [0.4, 0.5) is 5.69 Å². The van der Waals surface area contributed by atoms with Crippen LogP contribution >= 0.6 is 0 Å². The van der Waals surface area contributed by atoms with Crippen LogP contribution in [0.3, 0.4) is 0 Å². The molecule has 0 spiro atoms. The number of carbonyl (C=O) groups is 2. The molecule has 1 saturated heterocycles. The van der Waals surface area contributed by atoms with E-state index in [1.165, 1.54) is 0 Å². The van der Waals surface area contributed by atoms with E-state index in [0.717, 1.165) is 24.1 Å². The van der Waals surface area contributed by atoms with Crippen LogP contribution in [-0.4, -0.2) is 35.2 Å². The zero-order valence-corrected chi connectivity index (χ0v) is 12.0. The monoisotopic (exact) mass is 289 g/mol. The van der Waals surface area contributed by atoms with Crippen molar-refractivity contribution >= 4 is 17.6 Å². The van der Waals surface area contributed by atoms with Crippen LogP contribution < -0.4 is 4.90 Å². The van der Waals surface area contributed by atoms with Crippen molar-refractivity contribution in [3.05, 3.63) is 29.8 Å². The zero-order chi connectivity index (χ0) is 15.0. The molecular formula is C16H19NO4. The smallest absolute Gasteiger partial charge is 0.332 e. The Morgan fingerprint density at radius 1 is 1.19 bits per heavy atom. The molecule has 3 unspecified atom stereocenters. The van der Waals surface area contributed by atoms with E-state index in [0.29, 0.717) is 12.8 Å². The highest BCUT2D eigenvalue weighted by molar-refractivity contribution is 5.98. The van der Waals surface area contributed by atoms with E-state index < -0.39 is 18.2 Å². The molecule has 2 aliphatic heterocycles. The molecule has 1 aromatic rings. The fourth-order valence-corrected chi connectivity index (χ4v) is 3.18. The van der Waals surface area contributed by atoms with E-state index in [1.54, 1.807) is 4.90 Å². The topological polar surface area (TPSA) is 66.8 Å². The first kappa shape index (κ1) is 14.1. The second-order valence-electron chi connectivity index (χ2n) is 5.75. The third-order valence-electron chi connectivity index (χ3n) is 4.33. The Balaban J connectivity index is 1.83. The Kier molecular flexibility index (Phi) is 3.68. The van der Waals surface area contributed by atoms with E-state index in [9.17, 15) is 9.59 Å². The van der Waals surface area contributed by atoms with Crippen LogP contribution in [0.5, 0.6) is 0 Å². The molecule has 2 aliphatic rings. The number of ether oxygens (including phenoxy) is 1. The normalized spacial score (nSPS) is 28.2. The standard InChI is InChI=1S/C16H19NO4/c1-10-6-7-11-4-2-3-5-12(11)17(10)15(18)13-8-9-14(21-13)16(19)20/h2-5,10,13-14H,6-9H2,1H3,(H,19,20). The summed E-state index contributed by atoms with van der Waals surface area (Å²) >= 11 is 0. The highest BCUT2D eigenvalue weighted by Crippen LogP contribution is 2.33. The van der Waals surface area contributed by atoms with Crippen molar-refractivity contribution in [1.29, 1.82) is 0 Å². The maximum absolute atomic E-state index is 12.7. The van der Waals surface area contributed by atoms with Crippen molar-refractivity contribution in [2.75, 3.05) is 4.90 Å². The fourth-order valence-electron chi connectivity index (χ4n) is 3.18. The molecule has 5 heteroatoms. The van der Waals surface area contributed by atoms with Gasteiger partial charge in [-0.3, -0.25) is 4.79 Å². The van der Waals surface area contributed by atoms with Gasteiger partial charge in [-0.25, -0.2) is 4.79 Å². The van der Waals surface area contributed by atoms with Crippen LogP contribution in [-0.2, 0) is 20.7 Å². The molecule has 3 rings (SSSR count). The van der Waals surface area contributed by atoms with Crippen molar-refractivity contribution in [3.63, 3.8) is 0 Å². The van der Waals surface area contributed by atoms with Gasteiger partial charge in [0.1, 0.15) is 6.10 Å². The summed E-state index contributed by atoms with van der Waals surface area (Å²) in [5.74, 6) is -1.10. The Morgan fingerprint density at radius 2 is 1.90 bits per heavy atom. The number of fused-ring (bicyclic) bond motifs is 1. The molecule has 1 amide bonds. The van der Waals surface area contributed by atoms with Crippen LogP contribution in [0.25, 0.3) is 0 Å². The second-order valence-corrected chi connectivity index (χ2v) is 5.75. The molecule has 1 N–H and O–H groups in total. The number of nitrogens with zero attached hydrogens (tertiary/aromatic N) is 1. The maximum Gasteiger partial charge on any atom is 0.332 e. The van der Waals surface area contributed by atoms with Gasteiger partial charge in [0, 0.05) is 11.7 Å². The number of carbonyl (C=O) groups excluding carboxylic acids is 1. The predicted molar refractivity (Wildman–Crippen MR) is 77.2 cm³/mol. The molecule has 1 fully saturated rings. The first-order chi connectivity index (χ1) is 10.1. The van der Waals surface area contributed by atoms with Gasteiger partial charge in [-0.1, -0.05) is 18.2 Å². The molecule has 0 aliphatic carbocycles. The minimum absolute atomic E-state index is 0.111. The van der Waals surface area contributed by atoms with Gasteiger partial charge < -0.3 is 14.7 Å². The average Bonchev–Trinajstić information content (AvgIpc) is 2.96. The summed E-state index contributed by atoms with van der Waals surface area (Å²) in [5.41, 5.74) is 2.10. The lowest BCUT2D eigenvalue weighted by Gasteiger charge is -2.36. The van der Waals surface area contributed by atoms with Crippen LogP contribution in [0.2, 0.25) is 0 Å². The van der Waals surface area contributed by atoms with Crippen molar-refractivity contribution in [1.82, 2.24) is 0 Å². The average molecular weight is 289 g/mol. The minimum Gasteiger partial charge on any atom is -0.479 e. The molecule has 0 saturated carbocycles. The highest BCUT2D eigenvalue weighted by atomic mass is 16.5. The molecular weight excluding hydrogens is 270 g/mol. The molecule has 1 aromatic carbocycles. The van der Waals surface area contributed by atoms with Gasteiger partial charge in [0.2, 0.25) is 0 Å². The molecule has 3 atom stereocenters. The molecule has 2 heterocycles. The number of rotatable bonds is 2. The van der Waals surface area contributed by atoms with E-state index in [-0.39, 0.29) is 11.9 Å². The lowest BCUT2D eigenvalue weighted by molar-refractivity contribution is -0.151. The lowest BCUT2D eigenvalue weighted by Crippen LogP contribution is -2.47. The van der Waals surface area contributed by atoms with Gasteiger partial charge in [0.25, 0.3) is 5.91 Å². The van der Waals surface area contributed by atoms with Crippen LogP contribution in [0.15, 0.2) is 24.3 Å². The summed E-state index contributed by atoms with van der Waals surface area (Å²) in [6.07, 6.45) is 1.26. The number of carboxylic acid groups (broad SMARTS) is 1. The molecule has 21 heavy (non-hydrogen) atoms. The first-order valence-electron chi connectivity index (χ1n) is 7.37. The second kappa shape index (κ2) is 5.48. The number of benzene rings is 1. The number of carboxylic acids is 1. The Hall–Kier alpha value is -1.88. The summed E-state index contributed by atoms with van der Waals surface area (Å²) in [4.78, 5) is 25.5. The van der Waals surface area contributed by atoms with Crippen molar-refractivity contribution in [2.45, 2.75) is 50.9 Å². The Bertz CT molecular complexity index is 571. The predicted octanol–water partition coefficient (Wildman–Crippen LogP) is 1.99. The number of para-hydroxylation sites is 1. The fraction of sp³-hybridized carbons (Fsp3) is 0.500. The Morgan fingerprint density at radius 3 is 2.62 bits per heavy atom. The largest absolute Gasteiger partial charge is 0.479 e. The van der Waals surface area contributed by atoms with Crippen LogP contribution in [0.1, 0.15) is 31.7 Å². The number of hydrogen-bond donors (Lipinski definition) is 1. The van der Waals surface area contributed by atoms with E-state index in [2.05, 4.69) is 0 Å². The highest BCUT2D eigenvalue weighted by Gasteiger charge is 2.39. The van der Waals surface area contributed by atoms with E-state index >= 15 is 0 Å². The SMILES string of the molecule is CC1CCc2ccccc2N1C(=O)C1CCC(C(=O)O)O1. The number of hydrogen-bond acceptors (Lipinski definition) is 3. The first-order valence-corrected chi connectivity index (χ1v) is 7.37. The maximum atomic E-state index is 12.7. The van der Waals surface area contributed by atoms with E-state index in [1.807, 2.05) is 31.2 Å². The van der Waals surface area contributed by atoms with Crippen molar-refractivity contribution < 1.29 is 19.4 Å². The summed E-state index contributed by atoms with van der Waals surface area (Å²) in [6.45, 7) is 2.03. The van der Waals surface area contributed by atoms with Gasteiger partial charge in [-0.05, 0) is 44.2 Å². The zero-order valence-electron chi connectivity index (χ0n) is 12.0. The quantitative estimate of drug-likeness (QED) is 0.904. The Labute approximate surface area is 123 Å². The molecule has 5 nitrogen and oxygen atoms in total. The molecule has 0 radical (unpaired) electrons. The third-order valence-corrected chi connectivity index (χ3v) is 4.33.